The Labute approximate surface area is 160 Å². The minimum atomic E-state index is -0.322. The number of carbonyl (C=O) groups is 1. The van der Waals surface area contributed by atoms with Gasteiger partial charge >= 0.3 is 0 Å². The van der Waals surface area contributed by atoms with E-state index >= 15 is 0 Å². The molecule has 1 heterocycles. The SMILES string of the molecule is CC(C)c1cc(-c2ccc(F)cc2)c2c(n1)-c1cc(Cl)c(Cl)cc1C2=O. The molecule has 0 bridgehead atoms. The van der Waals surface area contributed by atoms with Crippen LogP contribution in [0.1, 0.15) is 41.4 Å². The lowest BCUT2D eigenvalue weighted by Crippen LogP contribution is -2.02. The summed E-state index contributed by atoms with van der Waals surface area (Å²) in [5.74, 6) is -0.297. The van der Waals surface area contributed by atoms with Crippen molar-refractivity contribution in [2.24, 2.45) is 0 Å². The van der Waals surface area contributed by atoms with Gasteiger partial charge < -0.3 is 0 Å². The standard InChI is InChI=1S/C21H14Cl2FNO/c1-10(2)18-9-13(11-3-5-12(24)6-4-11)19-20(25-18)14-7-16(22)17(23)8-15(14)21(19)26/h3-10H,1-2H3. The molecule has 130 valence electrons. The second kappa shape index (κ2) is 6.19. The molecule has 0 aliphatic heterocycles. The van der Waals surface area contributed by atoms with E-state index in [0.717, 1.165) is 16.8 Å². The van der Waals surface area contributed by atoms with Crippen LogP contribution in [0.15, 0.2) is 42.5 Å². The van der Waals surface area contributed by atoms with Gasteiger partial charge in [-0.25, -0.2) is 4.39 Å². The Kier molecular flexibility index (Phi) is 4.09. The van der Waals surface area contributed by atoms with Crippen LogP contribution < -0.4 is 0 Å². The largest absolute Gasteiger partial charge is 0.288 e. The van der Waals surface area contributed by atoms with Gasteiger partial charge in [0.1, 0.15) is 5.82 Å². The van der Waals surface area contributed by atoms with Gasteiger partial charge in [-0.2, -0.15) is 0 Å². The molecule has 1 aliphatic carbocycles. The molecule has 0 radical (unpaired) electrons. The highest BCUT2D eigenvalue weighted by molar-refractivity contribution is 6.43. The number of fused-ring (bicyclic) bond motifs is 3. The van der Waals surface area contributed by atoms with Crippen molar-refractivity contribution in [3.8, 4) is 22.4 Å². The summed E-state index contributed by atoms with van der Waals surface area (Å²) in [6, 6.07) is 11.3. The summed E-state index contributed by atoms with van der Waals surface area (Å²) < 4.78 is 13.4. The van der Waals surface area contributed by atoms with Crippen molar-refractivity contribution >= 4 is 29.0 Å². The number of ketones is 1. The topological polar surface area (TPSA) is 30.0 Å². The van der Waals surface area contributed by atoms with Gasteiger partial charge in [-0.3, -0.25) is 9.78 Å². The lowest BCUT2D eigenvalue weighted by Gasteiger charge is -2.13. The quantitative estimate of drug-likeness (QED) is 0.392. The number of rotatable bonds is 2. The van der Waals surface area contributed by atoms with Crippen molar-refractivity contribution in [3.63, 3.8) is 0 Å². The van der Waals surface area contributed by atoms with Gasteiger partial charge in [-0.1, -0.05) is 49.2 Å². The molecule has 0 saturated heterocycles. The molecule has 4 rings (SSSR count). The molecular formula is C21H14Cl2FNO. The summed E-state index contributed by atoms with van der Waals surface area (Å²) in [5, 5.41) is 0.713. The van der Waals surface area contributed by atoms with Crippen LogP contribution in [0.4, 0.5) is 4.39 Å². The zero-order valence-electron chi connectivity index (χ0n) is 14.1. The summed E-state index contributed by atoms with van der Waals surface area (Å²) in [7, 11) is 0. The first-order valence-electron chi connectivity index (χ1n) is 8.22. The highest BCUT2D eigenvalue weighted by Gasteiger charge is 2.33. The number of hydrogen-bond donors (Lipinski definition) is 0. The second-order valence-corrected chi connectivity index (χ2v) is 7.44. The number of carbonyl (C=O) groups excluding carboxylic acids is 1. The van der Waals surface area contributed by atoms with Crippen LogP contribution in [0, 0.1) is 5.82 Å². The zero-order valence-corrected chi connectivity index (χ0v) is 15.6. The molecule has 0 unspecified atom stereocenters. The molecule has 1 aromatic heterocycles. The van der Waals surface area contributed by atoms with Gasteiger partial charge in [0, 0.05) is 16.8 Å². The van der Waals surface area contributed by atoms with Crippen LogP contribution >= 0.6 is 23.2 Å². The first-order chi connectivity index (χ1) is 12.4. The monoisotopic (exact) mass is 385 g/mol. The third-order valence-electron chi connectivity index (χ3n) is 4.57. The van der Waals surface area contributed by atoms with Crippen LogP contribution in [0.2, 0.25) is 10.0 Å². The summed E-state index contributed by atoms with van der Waals surface area (Å²) in [6.07, 6.45) is 0. The van der Waals surface area contributed by atoms with Crippen molar-refractivity contribution in [1.29, 1.82) is 0 Å². The average Bonchev–Trinajstić information content (AvgIpc) is 2.88. The van der Waals surface area contributed by atoms with Crippen molar-refractivity contribution in [2.45, 2.75) is 19.8 Å². The molecule has 1 aliphatic rings. The lowest BCUT2D eigenvalue weighted by atomic mass is 9.95. The van der Waals surface area contributed by atoms with Crippen LogP contribution in [-0.4, -0.2) is 10.8 Å². The number of hydrogen-bond acceptors (Lipinski definition) is 2. The van der Waals surface area contributed by atoms with E-state index in [1.165, 1.54) is 12.1 Å². The zero-order chi connectivity index (χ0) is 18.6. The summed E-state index contributed by atoms with van der Waals surface area (Å²) >= 11 is 12.3. The van der Waals surface area contributed by atoms with E-state index in [2.05, 4.69) is 0 Å². The van der Waals surface area contributed by atoms with Crippen LogP contribution in [-0.2, 0) is 0 Å². The predicted molar refractivity (Wildman–Crippen MR) is 103 cm³/mol. The van der Waals surface area contributed by atoms with Crippen LogP contribution in [0.25, 0.3) is 22.4 Å². The number of pyridine rings is 1. The van der Waals surface area contributed by atoms with Gasteiger partial charge in [0.05, 0.1) is 21.3 Å². The fourth-order valence-corrected chi connectivity index (χ4v) is 3.54. The van der Waals surface area contributed by atoms with E-state index in [1.807, 2.05) is 19.9 Å². The average molecular weight is 386 g/mol. The maximum absolute atomic E-state index is 13.4. The molecule has 0 spiro atoms. The van der Waals surface area contributed by atoms with Crippen LogP contribution in [0.3, 0.4) is 0 Å². The number of halogens is 3. The Morgan fingerprint density at radius 3 is 2.15 bits per heavy atom. The Bertz CT molecular complexity index is 1060. The van der Waals surface area contributed by atoms with E-state index < -0.39 is 0 Å². The van der Waals surface area contributed by atoms with E-state index in [9.17, 15) is 9.18 Å². The summed E-state index contributed by atoms with van der Waals surface area (Å²) in [4.78, 5) is 17.8. The Hall–Kier alpha value is -2.23. The Morgan fingerprint density at radius 2 is 1.54 bits per heavy atom. The van der Waals surface area contributed by atoms with E-state index in [-0.39, 0.29) is 17.5 Å². The van der Waals surface area contributed by atoms with Crippen molar-refractivity contribution < 1.29 is 9.18 Å². The van der Waals surface area contributed by atoms with E-state index in [1.54, 1.807) is 24.3 Å². The highest BCUT2D eigenvalue weighted by atomic mass is 35.5. The molecule has 2 aromatic carbocycles. The first-order valence-corrected chi connectivity index (χ1v) is 8.97. The van der Waals surface area contributed by atoms with Crippen molar-refractivity contribution in [2.75, 3.05) is 0 Å². The Balaban J connectivity index is 2.04. The molecular weight excluding hydrogens is 372 g/mol. The van der Waals surface area contributed by atoms with Gasteiger partial charge in [0.15, 0.2) is 5.78 Å². The molecule has 0 atom stereocenters. The molecule has 2 nitrogen and oxygen atoms in total. The maximum Gasteiger partial charge on any atom is 0.196 e. The second-order valence-electron chi connectivity index (χ2n) is 6.62. The first kappa shape index (κ1) is 17.2. The smallest absolute Gasteiger partial charge is 0.196 e. The van der Waals surface area contributed by atoms with E-state index in [0.29, 0.717) is 32.4 Å². The van der Waals surface area contributed by atoms with Crippen molar-refractivity contribution in [3.05, 3.63) is 75.1 Å². The summed E-state index contributed by atoms with van der Waals surface area (Å²) in [5.41, 5.74) is 4.66. The number of aromatic nitrogens is 1. The minimum absolute atomic E-state index is 0.143. The minimum Gasteiger partial charge on any atom is -0.288 e. The normalized spacial score (nSPS) is 12.5. The molecule has 3 aromatic rings. The van der Waals surface area contributed by atoms with Gasteiger partial charge in [0.2, 0.25) is 0 Å². The van der Waals surface area contributed by atoms with Crippen molar-refractivity contribution in [1.82, 2.24) is 4.98 Å². The molecule has 0 saturated carbocycles. The summed E-state index contributed by atoms with van der Waals surface area (Å²) in [6.45, 7) is 4.07. The fourth-order valence-electron chi connectivity index (χ4n) is 3.21. The van der Waals surface area contributed by atoms with Gasteiger partial charge in [-0.15, -0.1) is 0 Å². The molecule has 0 amide bonds. The van der Waals surface area contributed by atoms with E-state index in [4.69, 9.17) is 28.2 Å². The number of benzene rings is 2. The number of nitrogens with zero attached hydrogens (tertiary/aromatic N) is 1. The predicted octanol–water partition coefficient (Wildman–Crippen LogP) is 6.53. The third-order valence-corrected chi connectivity index (χ3v) is 5.30. The molecule has 5 heteroatoms. The van der Waals surface area contributed by atoms with Gasteiger partial charge in [0.25, 0.3) is 0 Å². The molecule has 0 fully saturated rings. The highest BCUT2D eigenvalue weighted by Crippen LogP contribution is 2.44. The van der Waals surface area contributed by atoms with Gasteiger partial charge in [-0.05, 0) is 47.4 Å². The molecule has 0 N–H and O–H groups in total. The lowest BCUT2D eigenvalue weighted by molar-refractivity contribution is 0.104. The maximum atomic E-state index is 13.4. The fraction of sp³-hybridized carbons (Fsp3) is 0.143. The third kappa shape index (κ3) is 2.63. The Morgan fingerprint density at radius 1 is 0.923 bits per heavy atom. The molecule has 26 heavy (non-hydrogen) atoms. The van der Waals surface area contributed by atoms with Crippen LogP contribution in [0.5, 0.6) is 0 Å².